The molecule has 0 aromatic heterocycles. The monoisotopic (exact) mass is 288 g/mol. The SMILES string of the molecule is O=CC1OC(O)[C@H](I)C(O)C1O. The maximum Gasteiger partial charge on any atom is 0.170 e. The number of aldehydes is 1. The molecule has 1 aliphatic rings. The molecule has 0 spiro atoms. The van der Waals surface area contributed by atoms with Gasteiger partial charge < -0.3 is 24.9 Å². The molecule has 3 N–H and O–H groups in total. The van der Waals surface area contributed by atoms with Crippen LogP contribution in [0.4, 0.5) is 0 Å². The summed E-state index contributed by atoms with van der Waals surface area (Å²) < 4.78 is 4.08. The predicted molar refractivity (Wildman–Crippen MR) is 46.8 cm³/mol. The second-order valence-corrected chi connectivity index (χ2v) is 3.99. The van der Waals surface area contributed by atoms with Gasteiger partial charge in [-0.3, -0.25) is 0 Å². The predicted octanol–water partition coefficient (Wildman–Crippen LogP) is -1.57. The number of carbonyl (C=O) groups excluding carboxylic acids is 1. The smallest absolute Gasteiger partial charge is 0.170 e. The van der Waals surface area contributed by atoms with Crippen molar-refractivity contribution < 1.29 is 24.9 Å². The summed E-state index contributed by atoms with van der Waals surface area (Å²) in [6.45, 7) is 0. The third kappa shape index (κ3) is 1.77. The van der Waals surface area contributed by atoms with Gasteiger partial charge in [0.25, 0.3) is 0 Å². The lowest BCUT2D eigenvalue weighted by Crippen LogP contribution is -2.55. The number of ether oxygens (including phenoxy) is 1. The van der Waals surface area contributed by atoms with E-state index in [1.807, 2.05) is 0 Å². The van der Waals surface area contributed by atoms with Gasteiger partial charge in [0.2, 0.25) is 0 Å². The van der Waals surface area contributed by atoms with Crippen molar-refractivity contribution in [1.29, 1.82) is 0 Å². The van der Waals surface area contributed by atoms with E-state index in [-0.39, 0.29) is 0 Å². The standard InChI is InChI=1S/C6H9IO5/c7-3-5(10)4(9)2(1-8)12-6(3)11/h1-6,9-11H/t2?,3-,4?,5?,6?/m1/s1. The first-order valence-electron chi connectivity index (χ1n) is 3.37. The lowest BCUT2D eigenvalue weighted by atomic mass is 10.0. The van der Waals surface area contributed by atoms with E-state index in [0.717, 1.165) is 0 Å². The lowest BCUT2D eigenvalue weighted by molar-refractivity contribution is -0.216. The van der Waals surface area contributed by atoms with Crippen LogP contribution in [0, 0.1) is 0 Å². The van der Waals surface area contributed by atoms with Gasteiger partial charge in [0.05, 0.1) is 10.0 Å². The molecular weight excluding hydrogens is 279 g/mol. The molecule has 6 heteroatoms. The van der Waals surface area contributed by atoms with Crippen LogP contribution in [0.1, 0.15) is 0 Å². The van der Waals surface area contributed by atoms with E-state index in [1.165, 1.54) is 0 Å². The van der Waals surface area contributed by atoms with E-state index in [1.54, 1.807) is 22.6 Å². The first-order valence-corrected chi connectivity index (χ1v) is 4.61. The molecule has 0 aliphatic carbocycles. The maximum atomic E-state index is 10.3. The van der Waals surface area contributed by atoms with Crippen LogP contribution in [0.2, 0.25) is 0 Å². The van der Waals surface area contributed by atoms with Crippen molar-refractivity contribution in [1.82, 2.24) is 0 Å². The normalized spacial score (nSPS) is 48.8. The van der Waals surface area contributed by atoms with Gasteiger partial charge in [-0.15, -0.1) is 0 Å². The number of aliphatic hydroxyl groups excluding tert-OH is 3. The van der Waals surface area contributed by atoms with Crippen LogP contribution in [0.15, 0.2) is 0 Å². The number of hydrogen-bond donors (Lipinski definition) is 3. The highest BCUT2D eigenvalue weighted by Gasteiger charge is 2.42. The summed E-state index contributed by atoms with van der Waals surface area (Å²) in [5.74, 6) is 0. The minimum Gasteiger partial charge on any atom is -0.389 e. The molecule has 1 aliphatic heterocycles. The topological polar surface area (TPSA) is 87.0 Å². The fraction of sp³-hybridized carbons (Fsp3) is 0.833. The number of rotatable bonds is 1. The number of carbonyl (C=O) groups is 1. The second kappa shape index (κ2) is 3.97. The molecule has 0 saturated carbocycles. The van der Waals surface area contributed by atoms with Crippen LogP contribution < -0.4 is 0 Å². The largest absolute Gasteiger partial charge is 0.389 e. The van der Waals surface area contributed by atoms with Gasteiger partial charge >= 0.3 is 0 Å². The quantitative estimate of drug-likeness (QED) is 0.308. The van der Waals surface area contributed by atoms with E-state index in [2.05, 4.69) is 0 Å². The van der Waals surface area contributed by atoms with Crippen LogP contribution in [-0.4, -0.2) is 50.1 Å². The molecule has 0 bridgehead atoms. The van der Waals surface area contributed by atoms with Crippen molar-refractivity contribution in [3.05, 3.63) is 0 Å². The van der Waals surface area contributed by atoms with Crippen molar-refractivity contribution >= 4 is 28.9 Å². The fourth-order valence-electron chi connectivity index (χ4n) is 0.981. The molecular formula is C6H9IO5. The van der Waals surface area contributed by atoms with E-state index in [0.29, 0.717) is 6.29 Å². The van der Waals surface area contributed by atoms with Crippen LogP contribution >= 0.6 is 22.6 Å². The molecule has 5 atom stereocenters. The zero-order chi connectivity index (χ0) is 9.30. The molecule has 1 rings (SSSR count). The molecule has 0 amide bonds. The Hall–Kier alpha value is 0.240. The van der Waals surface area contributed by atoms with Gasteiger partial charge in [0.1, 0.15) is 12.2 Å². The molecule has 0 aromatic rings. The summed E-state index contributed by atoms with van der Waals surface area (Å²) in [6.07, 6.45) is -4.38. The fourth-order valence-corrected chi connectivity index (χ4v) is 1.58. The van der Waals surface area contributed by atoms with Crippen molar-refractivity contribution in [2.45, 2.75) is 28.5 Å². The summed E-state index contributed by atoms with van der Waals surface area (Å²) in [5, 5.41) is 27.6. The second-order valence-electron chi connectivity index (χ2n) is 2.55. The first-order chi connectivity index (χ1) is 5.57. The summed E-state index contributed by atoms with van der Waals surface area (Å²) in [5.41, 5.74) is 0. The van der Waals surface area contributed by atoms with Crippen molar-refractivity contribution in [2.75, 3.05) is 0 Å². The molecule has 12 heavy (non-hydrogen) atoms. The van der Waals surface area contributed by atoms with Gasteiger partial charge in [0, 0.05) is 0 Å². The highest BCUT2D eigenvalue weighted by atomic mass is 127. The molecule has 1 heterocycles. The summed E-state index contributed by atoms with van der Waals surface area (Å²) in [4.78, 5) is 10.3. The first kappa shape index (κ1) is 10.3. The minimum atomic E-state index is -1.26. The van der Waals surface area contributed by atoms with Crippen molar-refractivity contribution in [3.63, 3.8) is 0 Å². The van der Waals surface area contributed by atoms with Gasteiger partial charge in [-0.05, 0) is 0 Å². The Morgan fingerprint density at radius 1 is 1.25 bits per heavy atom. The molecule has 1 saturated heterocycles. The molecule has 0 aromatic carbocycles. The third-order valence-electron chi connectivity index (χ3n) is 1.72. The molecule has 5 nitrogen and oxygen atoms in total. The lowest BCUT2D eigenvalue weighted by Gasteiger charge is -2.35. The number of alkyl halides is 1. The zero-order valence-corrected chi connectivity index (χ0v) is 8.16. The average Bonchev–Trinajstić information content (AvgIpc) is 2.08. The Morgan fingerprint density at radius 2 is 1.83 bits per heavy atom. The summed E-state index contributed by atoms with van der Waals surface area (Å²) in [6, 6.07) is 0. The van der Waals surface area contributed by atoms with Gasteiger partial charge in [-0.2, -0.15) is 0 Å². The highest BCUT2D eigenvalue weighted by Crippen LogP contribution is 2.24. The summed E-state index contributed by atoms with van der Waals surface area (Å²) >= 11 is 1.75. The third-order valence-corrected chi connectivity index (χ3v) is 3.07. The van der Waals surface area contributed by atoms with Crippen molar-refractivity contribution in [2.24, 2.45) is 0 Å². The Morgan fingerprint density at radius 3 is 2.33 bits per heavy atom. The highest BCUT2D eigenvalue weighted by molar-refractivity contribution is 14.1. The Kier molecular flexibility index (Phi) is 3.41. The molecule has 0 radical (unpaired) electrons. The average molecular weight is 288 g/mol. The zero-order valence-electron chi connectivity index (χ0n) is 6.00. The number of hydrogen-bond acceptors (Lipinski definition) is 5. The number of aliphatic hydroxyl groups is 3. The van der Waals surface area contributed by atoms with E-state index in [9.17, 15) is 15.0 Å². The Balaban J connectivity index is 2.70. The molecule has 1 fully saturated rings. The van der Waals surface area contributed by atoms with E-state index in [4.69, 9.17) is 9.84 Å². The number of halogens is 1. The van der Waals surface area contributed by atoms with Gasteiger partial charge in [-0.25, -0.2) is 0 Å². The molecule has 4 unspecified atom stereocenters. The van der Waals surface area contributed by atoms with Crippen LogP contribution in [0.5, 0.6) is 0 Å². The van der Waals surface area contributed by atoms with Gasteiger partial charge in [-0.1, -0.05) is 22.6 Å². The minimum absolute atomic E-state index is 0.361. The van der Waals surface area contributed by atoms with Crippen molar-refractivity contribution in [3.8, 4) is 0 Å². The maximum absolute atomic E-state index is 10.3. The summed E-state index contributed by atoms with van der Waals surface area (Å²) in [7, 11) is 0. The van der Waals surface area contributed by atoms with Gasteiger partial charge in [0.15, 0.2) is 12.6 Å². The Labute approximate surface area is 82.5 Å². The van der Waals surface area contributed by atoms with Crippen LogP contribution in [0.3, 0.4) is 0 Å². The Bertz CT molecular complexity index is 175. The molecule has 70 valence electrons. The van der Waals surface area contributed by atoms with Crippen LogP contribution in [0.25, 0.3) is 0 Å². The van der Waals surface area contributed by atoms with Crippen LogP contribution in [-0.2, 0) is 9.53 Å². The van der Waals surface area contributed by atoms with E-state index >= 15 is 0 Å². The van der Waals surface area contributed by atoms with E-state index < -0.39 is 28.5 Å².